The van der Waals surface area contributed by atoms with Gasteiger partial charge in [0.05, 0.1) is 0 Å². The van der Waals surface area contributed by atoms with Crippen LogP contribution in [0, 0.1) is 6.92 Å². The zero-order valence-electron chi connectivity index (χ0n) is 7.42. The fraction of sp³-hybridized carbons (Fsp3) is 0.333. The van der Waals surface area contributed by atoms with Gasteiger partial charge in [-0.2, -0.15) is 0 Å². The number of hydrogen-bond donors (Lipinski definition) is 0. The highest BCUT2D eigenvalue weighted by Crippen LogP contribution is 2.16. The molecule has 1 aromatic rings. The fourth-order valence-electron chi connectivity index (χ4n) is 1.03. The van der Waals surface area contributed by atoms with Gasteiger partial charge >= 0.3 is 0 Å². The summed E-state index contributed by atoms with van der Waals surface area (Å²) in [7, 11) is 0. The van der Waals surface area contributed by atoms with Crippen LogP contribution in [0.25, 0.3) is 0 Å². The molecule has 0 aliphatic carbocycles. The second-order valence-corrected chi connectivity index (χ2v) is 3.48. The van der Waals surface area contributed by atoms with Crippen molar-refractivity contribution in [1.29, 1.82) is 0 Å². The van der Waals surface area contributed by atoms with E-state index < -0.39 is 0 Å². The van der Waals surface area contributed by atoms with Crippen molar-refractivity contribution in [3.05, 3.63) is 23.5 Å². The Morgan fingerprint density at radius 3 is 2.67 bits per heavy atom. The van der Waals surface area contributed by atoms with E-state index in [0.717, 1.165) is 10.5 Å². The average molecular weight is 181 g/mol. The molecule has 1 aromatic heterocycles. The Bertz CT molecular complexity index is 309. The lowest BCUT2D eigenvalue weighted by Crippen LogP contribution is -1.99. The Hall–Kier alpha value is -0.830. The lowest BCUT2D eigenvalue weighted by atomic mass is 10.2. The van der Waals surface area contributed by atoms with Gasteiger partial charge in [-0.1, -0.05) is 0 Å². The van der Waals surface area contributed by atoms with Crippen molar-refractivity contribution in [3.63, 3.8) is 0 Å². The van der Waals surface area contributed by atoms with Crippen molar-refractivity contribution < 1.29 is 4.79 Å². The van der Waals surface area contributed by atoms with Gasteiger partial charge in [0.25, 0.3) is 0 Å². The topological polar surface area (TPSA) is 30.0 Å². The summed E-state index contributed by atoms with van der Waals surface area (Å²) in [5.74, 6) is 0.0279. The van der Waals surface area contributed by atoms with E-state index in [4.69, 9.17) is 0 Å². The minimum Gasteiger partial charge on any atom is -0.293 e. The first-order valence-electron chi connectivity index (χ1n) is 3.66. The molecule has 0 saturated carbocycles. The van der Waals surface area contributed by atoms with Gasteiger partial charge in [0, 0.05) is 18.0 Å². The number of rotatable bonds is 2. The highest BCUT2D eigenvalue weighted by molar-refractivity contribution is 7.98. The van der Waals surface area contributed by atoms with Gasteiger partial charge in [-0.25, -0.2) is 0 Å². The molecule has 0 amide bonds. The van der Waals surface area contributed by atoms with Gasteiger partial charge in [-0.05, 0) is 24.8 Å². The normalized spacial score (nSPS) is 9.92. The molecule has 12 heavy (non-hydrogen) atoms. The van der Waals surface area contributed by atoms with Gasteiger partial charge < -0.3 is 0 Å². The van der Waals surface area contributed by atoms with Gasteiger partial charge in [-0.15, -0.1) is 11.8 Å². The maximum Gasteiger partial charge on any atom is 0.178 e. The van der Waals surface area contributed by atoms with E-state index in [9.17, 15) is 4.79 Å². The van der Waals surface area contributed by atoms with E-state index in [1.54, 1.807) is 18.0 Å². The third kappa shape index (κ3) is 1.85. The highest BCUT2D eigenvalue weighted by atomic mass is 32.2. The molecule has 0 atom stereocenters. The molecule has 0 radical (unpaired) electrons. The number of hydrogen-bond acceptors (Lipinski definition) is 3. The summed E-state index contributed by atoms with van der Waals surface area (Å²) in [5.41, 5.74) is 1.53. The molecule has 0 spiro atoms. The Labute approximate surface area is 76.4 Å². The first-order chi connectivity index (χ1) is 5.65. The lowest BCUT2D eigenvalue weighted by molar-refractivity contribution is 0.101. The number of nitrogens with zero attached hydrogens (tertiary/aromatic N) is 1. The third-order valence-corrected chi connectivity index (χ3v) is 2.32. The number of aryl methyl sites for hydroxylation is 1. The van der Waals surface area contributed by atoms with E-state index in [2.05, 4.69) is 4.98 Å². The van der Waals surface area contributed by atoms with Crippen LogP contribution in [0.2, 0.25) is 0 Å². The number of carbonyl (C=O) groups is 1. The van der Waals surface area contributed by atoms with E-state index in [-0.39, 0.29) is 5.78 Å². The summed E-state index contributed by atoms with van der Waals surface area (Å²) in [4.78, 5) is 16.2. The molecule has 64 valence electrons. The van der Waals surface area contributed by atoms with Crippen LogP contribution >= 0.6 is 11.8 Å². The van der Waals surface area contributed by atoms with Crippen molar-refractivity contribution in [2.75, 3.05) is 6.26 Å². The summed E-state index contributed by atoms with van der Waals surface area (Å²) < 4.78 is 0. The first-order valence-corrected chi connectivity index (χ1v) is 4.89. The number of Topliss-reactive ketones (excluding diaryl/α,β-unsaturated/α-hetero) is 1. The van der Waals surface area contributed by atoms with Crippen molar-refractivity contribution in [1.82, 2.24) is 4.98 Å². The highest BCUT2D eigenvalue weighted by Gasteiger charge is 2.05. The molecule has 1 heterocycles. The second kappa shape index (κ2) is 3.72. The molecule has 3 heteroatoms. The van der Waals surface area contributed by atoms with Gasteiger partial charge in [0.2, 0.25) is 0 Å². The molecule has 2 nitrogen and oxygen atoms in total. The number of carbonyl (C=O) groups excluding carboxylic acids is 1. The Morgan fingerprint density at radius 2 is 2.25 bits per heavy atom. The molecule has 1 rings (SSSR count). The van der Waals surface area contributed by atoms with Crippen molar-refractivity contribution in [3.8, 4) is 0 Å². The van der Waals surface area contributed by atoms with E-state index in [1.165, 1.54) is 6.92 Å². The fourth-order valence-corrected chi connectivity index (χ4v) is 1.48. The van der Waals surface area contributed by atoms with Crippen LogP contribution in [-0.2, 0) is 0 Å². The minimum atomic E-state index is 0.0279. The van der Waals surface area contributed by atoms with Crippen LogP contribution in [0.4, 0.5) is 0 Å². The van der Waals surface area contributed by atoms with E-state index >= 15 is 0 Å². The smallest absolute Gasteiger partial charge is 0.178 e. The Balaban J connectivity index is 3.12. The van der Waals surface area contributed by atoms with Crippen molar-refractivity contribution in [2.24, 2.45) is 0 Å². The molecular weight excluding hydrogens is 170 g/mol. The molecule has 0 aliphatic rings. The molecule has 0 aromatic carbocycles. The minimum absolute atomic E-state index is 0.0279. The van der Waals surface area contributed by atoms with Crippen LogP contribution in [0.5, 0.6) is 0 Å². The van der Waals surface area contributed by atoms with Crippen LogP contribution in [0.3, 0.4) is 0 Å². The molecule has 0 bridgehead atoms. The summed E-state index contributed by atoms with van der Waals surface area (Å²) in [6, 6.07) is 1.98. The zero-order valence-corrected chi connectivity index (χ0v) is 8.23. The van der Waals surface area contributed by atoms with Gasteiger partial charge in [-0.3, -0.25) is 9.78 Å². The van der Waals surface area contributed by atoms with Crippen LogP contribution in [-0.4, -0.2) is 17.0 Å². The Morgan fingerprint density at radius 1 is 1.58 bits per heavy atom. The molecule has 0 N–H and O–H groups in total. The molecular formula is C9H11NOS. The van der Waals surface area contributed by atoms with Crippen LogP contribution in [0.1, 0.15) is 23.0 Å². The second-order valence-electron chi connectivity index (χ2n) is 2.60. The maximum atomic E-state index is 11.0. The predicted octanol–water partition coefficient (Wildman–Crippen LogP) is 2.31. The van der Waals surface area contributed by atoms with Gasteiger partial charge in [0.15, 0.2) is 5.78 Å². The number of ketones is 1. The number of thioether (sulfide) groups is 1. The standard InChI is InChI=1S/C9H11NOS/c1-6-4-8(12-3)5-10-9(6)7(2)11/h4-5H,1-3H3. The summed E-state index contributed by atoms with van der Waals surface area (Å²) in [6.07, 6.45) is 3.72. The molecule has 0 fully saturated rings. The van der Waals surface area contributed by atoms with Crippen LogP contribution in [0.15, 0.2) is 17.2 Å². The molecule has 0 aliphatic heterocycles. The summed E-state index contributed by atoms with van der Waals surface area (Å²) >= 11 is 1.63. The van der Waals surface area contributed by atoms with Crippen molar-refractivity contribution in [2.45, 2.75) is 18.7 Å². The average Bonchev–Trinajstić information content (AvgIpc) is 2.03. The van der Waals surface area contributed by atoms with Gasteiger partial charge in [0.1, 0.15) is 5.69 Å². The lowest BCUT2D eigenvalue weighted by Gasteiger charge is -2.01. The maximum absolute atomic E-state index is 11.0. The van der Waals surface area contributed by atoms with E-state index in [1.807, 2.05) is 19.2 Å². The number of aromatic nitrogens is 1. The predicted molar refractivity (Wildman–Crippen MR) is 50.8 cm³/mol. The van der Waals surface area contributed by atoms with Crippen LogP contribution < -0.4 is 0 Å². The number of pyridine rings is 1. The molecule has 0 saturated heterocycles. The monoisotopic (exact) mass is 181 g/mol. The largest absolute Gasteiger partial charge is 0.293 e. The summed E-state index contributed by atoms with van der Waals surface area (Å²) in [6.45, 7) is 3.44. The SMILES string of the molecule is CSc1cnc(C(C)=O)c(C)c1. The third-order valence-electron chi connectivity index (χ3n) is 1.62. The Kier molecular flexibility index (Phi) is 2.87. The first kappa shape index (κ1) is 9.26. The quantitative estimate of drug-likeness (QED) is 0.518. The van der Waals surface area contributed by atoms with E-state index in [0.29, 0.717) is 5.69 Å². The summed E-state index contributed by atoms with van der Waals surface area (Å²) in [5, 5.41) is 0. The molecule has 0 unspecified atom stereocenters. The zero-order chi connectivity index (χ0) is 9.14. The van der Waals surface area contributed by atoms with Crippen molar-refractivity contribution >= 4 is 17.5 Å².